The summed E-state index contributed by atoms with van der Waals surface area (Å²) in [5, 5.41) is 18.0. The van der Waals surface area contributed by atoms with Crippen molar-refractivity contribution in [1.82, 2.24) is 9.88 Å². The Morgan fingerprint density at radius 2 is 1.95 bits per heavy atom. The van der Waals surface area contributed by atoms with Crippen LogP contribution in [0.2, 0.25) is 0 Å². The van der Waals surface area contributed by atoms with E-state index in [2.05, 4.69) is 22.1 Å². The second-order valence-electron chi connectivity index (χ2n) is 11.5. The number of benzene rings is 2. The number of rotatable bonds is 8. The fourth-order valence-corrected chi connectivity index (χ4v) is 5.97. The number of aryl methyl sites for hydroxylation is 3. The highest BCUT2D eigenvalue weighted by Crippen LogP contribution is 2.33. The Labute approximate surface area is 229 Å². The van der Waals surface area contributed by atoms with Crippen LogP contribution in [-0.2, 0) is 18.3 Å². The maximum Gasteiger partial charge on any atom is 0.258 e. The first-order chi connectivity index (χ1) is 18.6. The van der Waals surface area contributed by atoms with Crippen molar-refractivity contribution in [2.45, 2.75) is 83.6 Å². The zero-order valence-electron chi connectivity index (χ0n) is 23.4. The number of hydrogen-bond acceptors (Lipinski definition) is 5. The molecule has 8 heteroatoms. The predicted octanol–water partition coefficient (Wildman–Crippen LogP) is 5.53. The normalized spacial score (nSPS) is 23.3. The van der Waals surface area contributed by atoms with Crippen molar-refractivity contribution >= 4 is 22.5 Å². The van der Waals surface area contributed by atoms with Crippen LogP contribution in [0.25, 0.3) is 10.9 Å². The Bertz CT molecular complexity index is 1350. The molecule has 1 aromatic heterocycles. The third-order valence-electron chi connectivity index (χ3n) is 8.52. The van der Waals surface area contributed by atoms with Crippen molar-refractivity contribution in [3.05, 3.63) is 58.5 Å². The van der Waals surface area contributed by atoms with E-state index in [1.54, 1.807) is 6.07 Å². The van der Waals surface area contributed by atoms with Crippen LogP contribution in [0.1, 0.15) is 72.6 Å². The molecule has 3 aromatic rings. The number of hydrogen-bond donors (Lipinski definition) is 3. The van der Waals surface area contributed by atoms with Crippen LogP contribution >= 0.6 is 0 Å². The Balaban J connectivity index is 1.28. The van der Waals surface area contributed by atoms with Crippen molar-refractivity contribution in [1.29, 1.82) is 0 Å². The molecule has 39 heavy (non-hydrogen) atoms. The first-order valence-corrected chi connectivity index (χ1v) is 14.0. The Hall–Kier alpha value is -2.94. The van der Waals surface area contributed by atoms with Gasteiger partial charge in [-0.25, -0.2) is 4.39 Å². The van der Waals surface area contributed by atoms with E-state index in [0.29, 0.717) is 24.1 Å². The number of ether oxygens (including phenoxy) is 2. The molecule has 3 N–H and O–H groups in total. The predicted molar refractivity (Wildman–Crippen MR) is 151 cm³/mol. The largest absolute Gasteiger partial charge is 0.491 e. The van der Waals surface area contributed by atoms with E-state index in [9.17, 15) is 14.3 Å². The van der Waals surface area contributed by atoms with Crippen LogP contribution in [-0.4, -0.2) is 46.5 Å². The van der Waals surface area contributed by atoms with E-state index >= 15 is 0 Å². The summed E-state index contributed by atoms with van der Waals surface area (Å²) in [4.78, 5) is 13.0. The molecule has 1 atom stereocenters. The van der Waals surface area contributed by atoms with Crippen LogP contribution < -0.4 is 15.4 Å². The Morgan fingerprint density at radius 3 is 2.64 bits per heavy atom. The molecule has 2 heterocycles. The lowest BCUT2D eigenvalue weighted by Gasteiger charge is -2.33. The number of carbonyl (C=O) groups is 1. The van der Waals surface area contributed by atoms with E-state index in [0.717, 1.165) is 68.1 Å². The average molecular weight is 538 g/mol. The summed E-state index contributed by atoms with van der Waals surface area (Å²) < 4.78 is 28.3. The maximum absolute atomic E-state index is 14.9. The molecule has 2 aliphatic rings. The van der Waals surface area contributed by atoms with Gasteiger partial charge < -0.3 is 29.8 Å². The van der Waals surface area contributed by atoms with Crippen molar-refractivity contribution in [3.63, 3.8) is 0 Å². The van der Waals surface area contributed by atoms with E-state index in [4.69, 9.17) is 9.47 Å². The fraction of sp³-hybridized carbons (Fsp3) is 0.516. The SMILES string of the molecule is Cc1c(CNC2CCC(C)(O)CC2)n(C)c2c(C)c(NC(=O)c3ccc(OC[C@@H]4CCCO4)cc3F)ccc12. The minimum Gasteiger partial charge on any atom is -0.491 e. The zero-order valence-corrected chi connectivity index (χ0v) is 23.4. The van der Waals surface area contributed by atoms with Gasteiger partial charge in [-0.15, -0.1) is 0 Å². The lowest BCUT2D eigenvalue weighted by atomic mass is 9.83. The highest BCUT2D eigenvalue weighted by molar-refractivity contribution is 6.06. The van der Waals surface area contributed by atoms with Crippen LogP contribution in [0.5, 0.6) is 5.75 Å². The van der Waals surface area contributed by atoms with Gasteiger partial charge in [0.05, 0.1) is 22.8 Å². The molecule has 0 spiro atoms. The van der Waals surface area contributed by atoms with Gasteiger partial charge in [0.15, 0.2) is 0 Å². The monoisotopic (exact) mass is 537 g/mol. The number of nitrogens with zero attached hydrogens (tertiary/aromatic N) is 1. The van der Waals surface area contributed by atoms with Gasteiger partial charge >= 0.3 is 0 Å². The van der Waals surface area contributed by atoms with Gasteiger partial charge in [0.1, 0.15) is 18.2 Å². The summed E-state index contributed by atoms with van der Waals surface area (Å²) in [6, 6.07) is 8.64. The second kappa shape index (κ2) is 11.3. The first kappa shape index (κ1) is 27.6. The van der Waals surface area contributed by atoms with Gasteiger partial charge in [-0.05, 0) is 88.6 Å². The van der Waals surface area contributed by atoms with Crippen LogP contribution in [0.15, 0.2) is 30.3 Å². The number of fused-ring (bicyclic) bond motifs is 1. The summed E-state index contributed by atoms with van der Waals surface area (Å²) in [7, 11) is 2.05. The van der Waals surface area contributed by atoms with Gasteiger partial charge in [0.2, 0.25) is 0 Å². The standard InChI is InChI=1S/C31H40FN3O4/c1-19-24-9-10-27(20(2)29(24)35(4)28(19)17-33-21-11-13-31(3,37)14-12-21)34-30(36)25-8-7-22(16-26(25)32)39-18-23-6-5-15-38-23/h7-10,16,21,23,33,37H,5-6,11-15,17-18H2,1-4H3,(H,34,36)/t21?,23-,31?/m0/s1. The van der Waals surface area contributed by atoms with Gasteiger partial charge in [0.25, 0.3) is 5.91 Å². The summed E-state index contributed by atoms with van der Waals surface area (Å²) >= 11 is 0. The molecule has 2 fully saturated rings. The summed E-state index contributed by atoms with van der Waals surface area (Å²) in [5.74, 6) is -0.735. The summed E-state index contributed by atoms with van der Waals surface area (Å²) in [6.45, 7) is 7.87. The molecular formula is C31H40FN3O4. The van der Waals surface area contributed by atoms with Crippen molar-refractivity contribution < 1.29 is 23.8 Å². The van der Waals surface area contributed by atoms with Crippen LogP contribution in [0.4, 0.5) is 10.1 Å². The molecular weight excluding hydrogens is 497 g/mol. The molecule has 0 unspecified atom stereocenters. The molecule has 1 amide bonds. The molecule has 0 bridgehead atoms. The molecule has 7 nitrogen and oxygen atoms in total. The Morgan fingerprint density at radius 1 is 1.18 bits per heavy atom. The highest BCUT2D eigenvalue weighted by Gasteiger charge is 2.28. The number of halogens is 1. The quantitative estimate of drug-likeness (QED) is 0.352. The number of amides is 1. The smallest absolute Gasteiger partial charge is 0.258 e. The molecule has 1 saturated heterocycles. The lowest BCUT2D eigenvalue weighted by Crippen LogP contribution is -2.39. The maximum atomic E-state index is 14.9. The number of nitrogens with one attached hydrogen (secondary N) is 2. The van der Waals surface area contributed by atoms with E-state index < -0.39 is 17.3 Å². The van der Waals surface area contributed by atoms with Gasteiger partial charge in [-0.2, -0.15) is 0 Å². The average Bonchev–Trinajstić information content (AvgIpc) is 3.50. The molecule has 2 aromatic carbocycles. The topological polar surface area (TPSA) is 84.8 Å². The van der Waals surface area contributed by atoms with Crippen molar-refractivity contribution in [2.24, 2.45) is 7.05 Å². The van der Waals surface area contributed by atoms with Crippen molar-refractivity contribution in [2.75, 3.05) is 18.5 Å². The summed E-state index contributed by atoms with van der Waals surface area (Å²) in [6.07, 6.45) is 5.54. The fourth-order valence-electron chi connectivity index (χ4n) is 5.97. The number of carbonyl (C=O) groups excluding carboxylic acids is 1. The van der Waals surface area contributed by atoms with Crippen LogP contribution in [0.3, 0.4) is 0 Å². The minimum atomic E-state index is -0.622. The third-order valence-corrected chi connectivity index (χ3v) is 8.52. The van der Waals surface area contributed by atoms with E-state index in [-0.39, 0.29) is 11.7 Å². The highest BCUT2D eigenvalue weighted by atomic mass is 19.1. The molecule has 5 rings (SSSR count). The van der Waals surface area contributed by atoms with E-state index in [1.165, 1.54) is 23.4 Å². The number of aliphatic hydroxyl groups is 1. The zero-order chi connectivity index (χ0) is 27.7. The van der Waals surface area contributed by atoms with Gasteiger partial charge in [0, 0.05) is 49.1 Å². The molecule has 1 aliphatic carbocycles. The van der Waals surface area contributed by atoms with Crippen molar-refractivity contribution in [3.8, 4) is 5.75 Å². The molecule has 210 valence electrons. The van der Waals surface area contributed by atoms with Gasteiger partial charge in [-0.1, -0.05) is 6.07 Å². The number of anilines is 1. The first-order valence-electron chi connectivity index (χ1n) is 14.0. The summed E-state index contributed by atoms with van der Waals surface area (Å²) in [5.41, 5.74) is 4.45. The van der Waals surface area contributed by atoms with E-state index in [1.807, 2.05) is 33.0 Å². The van der Waals surface area contributed by atoms with Gasteiger partial charge in [-0.3, -0.25) is 4.79 Å². The Kier molecular flexibility index (Phi) is 7.99. The third kappa shape index (κ3) is 5.98. The minimum absolute atomic E-state index is 0.0293. The number of aromatic nitrogens is 1. The molecule has 1 aliphatic heterocycles. The van der Waals surface area contributed by atoms with Crippen LogP contribution in [0, 0.1) is 19.7 Å². The molecule has 1 saturated carbocycles. The molecule has 0 radical (unpaired) electrons. The lowest BCUT2D eigenvalue weighted by molar-refractivity contribution is 0.0139. The second-order valence-corrected chi connectivity index (χ2v) is 11.5.